The van der Waals surface area contributed by atoms with Crippen LogP contribution in [0.4, 0.5) is 4.39 Å². The summed E-state index contributed by atoms with van der Waals surface area (Å²) in [7, 11) is -1.46. The molecule has 0 unspecified atom stereocenters. The average molecular weight is 800 g/mol. The molecule has 1 radical (unpaired) electrons. The molecule has 0 amide bonds. The maximum atomic E-state index is 14.0. The van der Waals surface area contributed by atoms with E-state index in [0.29, 0.717) is 22.4 Å². The molecule has 4 aromatic carbocycles. The van der Waals surface area contributed by atoms with Crippen LogP contribution in [0, 0.1) is 17.9 Å². The SMILES string of the molecule is C[Si](C)(C)c1cnc(-c2[c-]cccc2)cc1-c1ccccc1.[2H]C(C)(C)c1cc(-c2[c-]ccc3c2oc2ccccc23)ncc1F.[Ir]. The predicted octanol–water partition coefficient (Wildman–Crippen LogP) is 10.5. The summed E-state index contributed by atoms with van der Waals surface area (Å²) in [4.78, 5) is 8.90. The van der Waals surface area contributed by atoms with Gasteiger partial charge in [-0.1, -0.05) is 105 Å². The number of benzene rings is 4. The van der Waals surface area contributed by atoms with E-state index in [4.69, 9.17) is 10.8 Å². The van der Waals surface area contributed by atoms with Crippen LogP contribution in [0.5, 0.6) is 0 Å². The number of furan rings is 1. The molecular formula is C40H35FIrN2OSi-2. The van der Waals surface area contributed by atoms with E-state index in [1.54, 1.807) is 19.9 Å². The number of aromatic nitrogens is 2. The zero-order valence-corrected chi connectivity index (χ0v) is 29.9. The number of hydrogen-bond acceptors (Lipinski definition) is 3. The molecule has 6 heteroatoms. The summed E-state index contributed by atoms with van der Waals surface area (Å²) in [5, 5.41) is 3.39. The van der Waals surface area contributed by atoms with Gasteiger partial charge in [0.2, 0.25) is 0 Å². The molecule has 0 aliphatic rings. The van der Waals surface area contributed by atoms with Gasteiger partial charge in [-0.05, 0) is 45.2 Å². The van der Waals surface area contributed by atoms with Gasteiger partial charge in [-0.15, -0.1) is 54.1 Å². The molecule has 0 aliphatic carbocycles. The minimum atomic E-state index is -1.46. The van der Waals surface area contributed by atoms with Gasteiger partial charge in [0.1, 0.15) is 11.4 Å². The normalized spacial score (nSPS) is 11.8. The number of hydrogen-bond donors (Lipinski definition) is 0. The van der Waals surface area contributed by atoms with Crippen molar-refractivity contribution >= 4 is 35.2 Å². The van der Waals surface area contributed by atoms with E-state index >= 15 is 0 Å². The van der Waals surface area contributed by atoms with E-state index in [-0.39, 0.29) is 20.1 Å². The molecule has 0 saturated heterocycles. The van der Waals surface area contributed by atoms with E-state index in [1.807, 2.05) is 54.6 Å². The van der Waals surface area contributed by atoms with Gasteiger partial charge in [-0.3, -0.25) is 0 Å². The number of halogens is 1. The van der Waals surface area contributed by atoms with Crippen molar-refractivity contribution in [1.29, 1.82) is 0 Å². The molecular weight excluding hydrogens is 764 g/mol. The third-order valence-electron chi connectivity index (χ3n) is 7.77. The van der Waals surface area contributed by atoms with Crippen molar-refractivity contribution in [2.45, 2.75) is 39.4 Å². The molecule has 0 atom stereocenters. The molecule has 0 aliphatic heterocycles. The summed E-state index contributed by atoms with van der Waals surface area (Å²) >= 11 is 0. The summed E-state index contributed by atoms with van der Waals surface area (Å²) < 4.78 is 28.2. The second kappa shape index (κ2) is 14.0. The van der Waals surface area contributed by atoms with Crippen molar-refractivity contribution in [1.82, 2.24) is 9.97 Å². The molecule has 7 aromatic rings. The largest absolute Gasteiger partial charge is 0.501 e. The van der Waals surface area contributed by atoms with Crippen LogP contribution in [0.1, 0.15) is 26.7 Å². The van der Waals surface area contributed by atoms with Gasteiger partial charge < -0.3 is 14.4 Å². The van der Waals surface area contributed by atoms with Crippen LogP contribution in [0.3, 0.4) is 0 Å². The number of rotatable bonds is 5. The van der Waals surface area contributed by atoms with Gasteiger partial charge >= 0.3 is 0 Å². The topological polar surface area (TPSA) is 38.9 Å². The van der Waals surface area contributed by atoms with E-state index in [0.717, 1.165) is 33.8 Å². The summed E-state index contributed by atoms with van der Waals surface area (Å²) in [6.07, 6.45) is 3.24. The van der Waals surface area contributed by atoms with E-state index in [2.05, 4.69) is 85.4 Å². The molecule has 0 spiro atoms. The van der Waals surface area contributed by atoms with Gasteiger partial charge in [-0.25, -0.2) is 4.39 Å². The van der Waals surface area contributed by atoms with Crippen LogP contribution < -0.4 is 5.19 Å². The second-order valence-electron chi connectivity index (χ2n) is 12.3. The molecule has 0 bridgehead atoms. The first-order valence-corrected chi connectivity index (χ1v) is 18.5. The minimum absolute atomic E-state index is 0. The Hall–Kier alpha value is -4.22. The van der Waals surface area contributed by atoms with Crippen LogP contribution >= 0.6 is 0 Å². The van der Waals surface area contributed by atoms with Crippen molar-refractivity contribution < 1.29 is 30.3 Å². The molecule has 3 aromatic heterocycles. The maximum absolute atomic E-state index is 14.0. The fourth-order valence-electron chi connectivity index (χ4n) is 5.45. The zero-order valence-electron chi connectivity index (χ0n) is 27.5. The first-order valence-electron chi connectivity index (χ1n) is 15.5. The van der Waals surface area contributed by atoms with Crippen LogP contribution in [-0.2, 0) is 20.1 Å². The fraction of sp³-hybridized carbons (Fsp3) is 0.150. The standard InChI is InChI=1S/C20H15FNO.C20H20NSi.Ir/c1-12(2)16-10-18(22-11-17(16)21)15-8-5-7-14-13-6-3-4-9-19(13)23-20(14)15;1-22(2,3)20-15-21-19(17-12-8-5-9-13-17)14-18(20)16-10-6-4-7-11-16;/h3-7,9-12H,1-2H3;4-12,14-15H,1-3H3;/q2*-1;/i12D;;. The van der Waals surface area contributed by atoms with E-state index < -0.39 is 19.8 Å². The molecule has 0 N–H and O–H groups in total. The molecule has 7 rings (SSSR count). The Morgan fingerprint density at radius 3 is 2.22 bits per heavy atom. The number of pyridine rings is 2. The Balaban J connectivity index is 0.000000181. The van der Waals surface area contributed by atoms with Gasteiger partial charge in [0.05, 0.1) is 19.9 Å². The zero-order chi connectivity index (χ0) is 32.5. The van der Waals surface area contributed by atoms with Crippen molar-refractivity contribution in [3.63, 3.8) is 0 Å². The van der Waals surface area contributed by atoms with Gasteiger partial charge in [0.25, 0.3) is 0 Å². The smallest absolute Gasteiger partial charge is 0.143 e. The molecule has 46 heavy (non-hydrogen) atoms. The average Bonchev–Trinajstić information content (AvgIpc) is 3.44. The molecule has 3 nitrogen and oxygen atoms in total. The predicted molar refractivity (Wildman–Crippen MR) is 187 cm³/mol. The molecule has 233 valence electrons. The first-order chi connectivity index (χ1) is 22.0. The Labute approximate surface area is 286 Å². The van der Waals surface area contributed by atoms with E-state index in [1.165, 1.54) is 16.3 Å². The minimum Gasteiger partial charge on any atom is -0.501 e. The van der Waals surface area contributed by atoms with Crippen LogP contribution in [0.2, 0.25) is 19.6 Å². The van der Waals surface area contributed by atoms with Gasteiger partial charge in [-0.2, -0.15) is 0 Å². The van der Waals surface area contributed by atoms with E-state index in [9.17, 15) is 4.39 Å². The van der Waals surface area contributed by atoms with Gasteiger partial charge in [0.15, 0.2) is 0 Å². The summed E-state index contributed by atoms with van der Waals surface area (Å²) in [5.41, 5.74) is 7.59. The maximum Gasteiger partial charge on any atom is 0.143 e. The quantitative estimate of drug-likeness (QED) is 0.129. The summed E-state index contributed by atoms with van der Waals surface area (Å²) in [6, 6.07) is 40.4. The van der Waals surface area contributed by atoms with Gasteiger partial charge in [0, 0.05) is 33.1 Å². The molecule has 3 heterocycles. The Morgan fingerprint density at radius 2 is 1.50 bits per heavy atom. The van der Waals surface area contributed by atoms with Crippen molar-refractivity contribution in [3.05, 3.63) is 139 Å². The van der Waals surface area contributed by atoms with Crippen molar-refractivity contribution in [3.8, 4) is 33.6 Å². The number of fused-ring (bicyclic) bond motifs is 3. The fourth-order valence-corrected chi connectivity index (χ4v) is 6.93. The van der Waals surface area contributed by atoms with Crippen LogP contribution in [0.25, 0.3) is 55.6 Å². The second-order valence-corrected chi connectivity index (χ2v) is 17.3. The summed E-state index contributed by atoms with van der Waals surface area (Å²) in [5.74, 6) is -1.53. The third-order valence-corrected chi connectivity index (χ3v) is 9.79. The number of nitrogens with zero attached hydrogens (tertiary/aromatic N) is 2. The first kappa shape index (κ1) is 31.7. The molecule has 0 fully saturated rings. The van der Waals surface area contributed by atoms with Crippen molar-refractivity contribution in [2.75, 3.05) is 0 Å². The Morgan fingerprint density at radius 1 is 0.783 bits per heavy atom. The number of para-hydroxylation sites is 1. The van der Waals surface area contributed by atoms with Crippen LogP contribution in [-0.4, -0.2) is 18.0 Å². The Kier molecular flexibility index (Phi) is 9.69. The third kappa shape index (κ3) is 6.95. The summed E-state index contributed by atoms with van der Waals surface area (Å²) in [6.45, 7) is 10.4. The molecule has 0 saturated carbocycles. The Bertz CT molecular complexity index is 2140. The van der Waals surface area contributed by atoms with Crippen LogP contribution in [0.15, 0.2) is 120 Å². The van der Waals surface area contributed by atoms with Crippen molar-refractivity contribution in [2.24, 2.45) is 0 Å². The monoisotopic (exact) mass is 800 g/mol.